The largest absolute Gasteiger partial charge is 0.454 e. The van der Waals surface area contributed by atoms with E-state index in [1.807, 2.05) is 30.3 Å². The molecule has 154 valence electrons. The SMILES string of the molecule is CN(C)S(=O)(=O)c1cc(N=Cc2ccc3c(c2)OCO3)ccc1N1CCCCC1. The number of nitrogens with zero attached hydrogens (tertiary/aromatic N) is 3. The number of sulfonamides is 1. The van der Waals surface area contributed by atoms with E-state index in [4.69, 9.17) is 9.47 Å². The molecular weight excluding hydrogens is 390 g/mol. The average Bonchev–Trinajstić information content (AvgIpc) is 3.20. The minimum atomic E-state index is -3.59. The normalized spacial score (nSPS) is 16.7. The lowest BCUT2D eigenvalue weighted by molar-refractivity contribution is 0.174. The molecule has 1 fully saturated rings. The quantitative estimate of drug-likeness (QED) is 0.700. The summed E-state index contributed by atoms with van der Waals surface area (Å²) < 4.78 is 37.9. The van der Waals surface area contributed by atoms with Crippen molar-refractivity contribution in [3.05, 3.63) is 42.0 Å². The van der Waals surface area contributed by atoms with Crippen LogP contribution in [0.4, 0.5) is 11.4 Å². The van der Waals surface area contributed by atoms with Gasteiger partial charge in [-0.2, -0.15) is 0 Å². The van der Waals surface area contributed by atoms with E-state index in [2.05, 4.69) is 9.89 Å². The average molecular weight is 416 g/mol. The molecule has 0 atom stereocenters. The van der Waals surface area contributed by atoms with E-state index in [0.717, 1.165) is 37.2 Å². The summed E-state index contributed by atoms with van der Waals surface area (Å²) in [5, 5.41) is 0. The Kier molecular flexibility index (Phi) is 5.47. The third-order valence-corrected chi connectivity index (χ3v) is 7.00. The lowest BCUT2D eigenvalue weighted by atomic mass is 10.1. The standard InChI is InChI=1S/C21H25N3O4S/c1-23(2)29(25,26)21-13-17(7-8-18(21)24-10-4-3-5-11-24)22-14-16-6-9-19-20(12-16)28-15-27-19/h6-9,12-14H,3-5,10-11,15H2,1-2H3. The van der Waals surface area contributed by atoms with Crippen molar-refractivity contribution in [2.75, 3.05) is 38.9 Å². The van der Waals surface area contributed by atoms with Crippen molar-refractivity contribution >= 4 is 27.6 Å². The maximum atomic E-state index is 13.0. The molecule has 0 aromatic heterocycles. The van der Waals surface area contributed by atoms with Crippen LogP contribution in [0.3, 0.4) is 0 Å². The molecule has 0 amide bonds. The van der Waals surface area contributed by atoms with E-state index in [1.165, 1.54) is 10.7 Å². The number of piperidine rings is 1. The first-order chi connectivity index (χ1) is 13.9. The van der Waals surface area contributed by atoms with E-state index < -0.39 is 10.0 Å². The lowest BCUT2D eigenvalue weighted by Crippen LogP contribution is -2.32. The zero-order chi connectivity index (χ0) is 20.4. The van der Waals surface area contributed by atoms with Crippen LogP contribution in [0.15, 0.2) is 46.3 Å². The van der Waals surface area contributed by atoms with Gasteiger partial charge in [0.2, 0.25) is 16.8 Å². The predicted molar refractivity (Wildman–Crippen MR) is 113 cm³/mol. The molecule has 2 heterocycles. The molecule has 2 aliphatic rings. The molecule has 0 unspecified atom stereocenters. The van der Waals surface area contributed by atoms with Crippen molar-refractivity contribution in [3.8, 4) is 11.5 Å². The summed E-state index contributed by atoms with van der Waals surface area (Å²) in [5.74, 6) is 1.40. The number of aliphatic imine (C=N–C) groups is 1. The van der Waals surface area contributed by atoms with E-state index in [0.29, 0.717) is 22.1 Å². The summed E-state index contributed by atoms with van der Waals surface area (Å²) >= 11 is 0. The zero-order valence-electron chi connectivity index (χ0n) is 16.7. The fourth-order valence-electron chi connectivity index (χ4n) is 3.52. The molecular formula is C21H25N3O4S. The molecule has 2 aliphatic heterocycles. The van der Waals surface area contributed by atoms with Crippen LogP contribution in [0.1, 0.15) is 24.8 Å². The highest BCUT2D eigenvalue weighted by atomic mass is 32.2. The Bertz CT molecular complexity index is 1030. The first-order valence-corrected chi connectivity index (χ1v) is 11.1. The van der Waals surface area contributed by atoms with Crippen LogP contribution >= 0.6 is 0 Å². The van der Waals surface area contributed by atoms with Gasteiger partial charge in [0.05, 0.1) is 11.4 Å². The van der Waals surface area contributed by atoms with Crippen LogP contribution in [0, 0.1) is 0 Å². The first-order valence-electron chi connectivity index (χ1n) is 9.70. The Balaban J connectivity index is 1.67. The molecule has 0 bridgehead atoms. The van der Waals surface area contributed by atoms with Gasteiger partial charge in [0.1, 0.15) is 4.90 Å². The van der Waals surface area contributed by atoms with E-state index in [9.17, 15) is 8.42 Å². The molecule has 8 heteroatoms. The molecule has 0 aliphatic carbocycles. The zero-order valence-corrected chi connectivity index (χ0v) is 17.5. The molecule has 4 rings (SSSR count). The van der Waals surface area contributed by atoms with Crippen LogP contribution in [0.5, 0.6) is 11.5 Å². The van der Waals surface area contributed by atoms with E-state index >= 15 is 0 Å². The monoisotopic (exact) mass is 415 g/mol. The molecule has 0 N–H and O–H groups in total. The van der Waals surface area contributed by atoms with Gasteiger partial charge in [0, 0.05) is 33.4 Å². The fraction of sp³-hybridized carbons (Fsp3) is 0.381. The molecule has 2 aromatic rings. The Morgan fingerprint density at radius 2 is 1.76 bits per heavy atom. The van der Waals surface area contributed by atoms with E-state index in [-0.39, 0.29) is 6.79 Å². The van der Waals surface area contributed by atoms with Crippen molar-refractivity contribution in [2.24, 2.45) is 4.99 Å². The van der Waals surface area contributed by atoms with Gasteiger partial charge >= 0.3 is 0 Å². The summed E-state index contributed by atoms with van der Waals surface area (Å²) in [4.78, 5) is 6.95. The Hall–Kier alpha value is -2.58. The second-order valence-corrected chi connectivity index (χ2v) is 9.48. The van der Waals surface area contributed by atoms with Gasteiger partial charge < -0.3 is 14.4 Å². The van der Waals surface area contributed by atoms with Gasteiger partial charge in [-0.1, -0.05) is 0 Å². The van der Waals surface area contributed by atoms with Gasteiger partial charge in [-0.25, -0.2) is 12.7 Å². The Labute approximate surface area is 171 Å². The molecule has 1 saturated heterocycles. The number of benzene rings is 2. The van der Waals surface area contributed by atoms with Crippen molar-refractivity contribution < 1.29 is 17.9 Å². The van der Waals surface area contributed by atoms with Crippen LogP contribution in [-0.2, 0) is 10.0 Å². The van der Waals surface area contributed by atoms with Crippen LogP contribution in [0.2, 0.25) is 0 Å². The highest BCUT2D eigenvalue weighted by molar-refractivity contribution is 7.89. The molecule has 0 radical (unpaired) electrons. The number of hydrogen-bond acceptors (Lipinski definition) is 6. The van der Waals surface area contributed by atoms with Crippen molar-refractivity contribution in [1.82, 2.24) is 4.31 Å². The number of rotatable bonds is 5. The van der Waals surface area contributed by atoms with Gasteiger partial charge in [-0.15, -0.1) is 0 Å². The second-order valence-electron chi connectivity index (χ2n) is 7.36. The molecule has 7 nitrogen and oxygen atoms in total. The van der Waals surface area contributed by atoms with Crippen LogP contribution in [-0.4, -0.2) is 52.9 Å². The van der Waals surface area contributed by atoms with Gasteiger partial charge in [0.25, 0.3) is 0 Å². The van der Waals surface area contributed by atoms with Crippen molar-refractivity contribution in [1.29, 1.82) is 0 Å². The summed E-state index contributed by atoms with van der Waals surface area (Å²) in [6, 6.07) is 11.0. The highest BCUT2D eigenvalue weighted by Crippen LogP contribution is 2.34. The number of hydrogen-bond donors (Lipinski definition) is 0. The van der Waals surface area contributed by atoms with Gasteiger partial charge in [-0.3, -0.25) is 4.99 Å². The van der Waals surface area contributed by atoms with Crippen molar-refractivity contribution in [3.63, 3.8) is 0 Å². The molecule has 2 aromatic carbocycles. The summed E-state index contributed by atoms with van der Waals surface area (Å²) in [5.41, 5.74) is 2.19. The van der Waals surface area contributed by atoms with Crippen LogP contribution < -0.4 is 14.4 Å². The first kappa shape index (κ1) is 19.7. The summed E-state index contributed by atoms with van der Waals surface area (Å²) in [7, 11) is -0.482. The maximum Gasteiger partial charge on any atom is 0.244 e. The summed E-state index contributed by atoms with van der Waals surface area (Å²) in [6.45, 7) is 1.96. The fourth-order valence-corrected chi connectivity index (χ4v) is 4.65. The number of ether oxygens (including phenoxy) is 2. The van der Waals surface area contributed by atoms with Gasteiger partial charge in [-0.05, 0) is 61.2 Å². The minimum absolute atomic E-state index is 0.222. The molecule has 0 saturated carbocycles. The predicted octanol–water partition coefficient (Wildman–Crippen LogP) is 3.41. The Morgan fingerprint density at radius 1 is 1.00 bits per heavy atom. The molecule has 0 spiro atoms. The third-order valence-electron chi connectivity index (χ3n) is 5.16. The number of anilines is 1. The number of fused-ring (bicyclic) bond motifs is 1. The van der Waals surface area contributed by atoms with Crippen LogP contribution in [0.25, 0.3) is 0 Å². The smallest absolute Gasteiger partial charge is 0.244 e. The third kappa shape index (κ3) is 4.09. The Morgan fingerprint density at radius 3 is 2.52 bits per heavy atom. The van der Waals surface area contributed by atoms with E-state index in [1.54, 1.807) is 26.4 Å². The summed E-state index contributed by atoms with van der Waals surface area (Å²) in [6.07, 6.45) is 5.03. The minimum Gasteiger partial charge on any atom is -0.454 e. The van der Waals surface area contributed by atoms with Crippen molar-refractivity contribution in [2.45, 2.75) is 24.2 Å². The topological polar surface area (TPSA) is 71.4 Å². The highest BCUT2D eigenvalue weighted by Gasteiger charge is 2.25. The second kappa shape index (κ2) is 8.04. The maximum absolute atomic E-state index is 13.0. The van der Waals surface area contributed by atoms with Gasteiger partial charge in [0.15, 0.2) is 11.5 Å². The lowest BCUT2D eigenvalue weighted by Gasteiger charge is -2.31. The molecule has 29 heavy (non-hydrogen) atoms.